The molecule has 1 heterocycles. The fourth-order valence-electron chi connectivity index (χ4n) is 1.19. The van der Waals surface area contributed by atoms with Gasteiger partial charge >= 0.3 is 0 Å². The minimum atomic E-state index is 0.847. The van der Waals surface area contributed by atoms with Crippen molar-refractivity contribution in [2.45, 2.75) is 6.92 Å². The summed E-state index contributed by atoms with van der Waals surface area (Å²) in [6.45, 7) is 5.76. The van der Waals surface area contributed by atoms with E-state index in [-0.39, 0.29) is 0 Å². The van der Waals surface area contributed by atoms with Crippen molar-refractivity contribution in [3.05, 3.63) is 41.1 Å². The number of nitrogens with zero attached hydrogens (tertiary/aromatic N) is 2. The minimum absolute atomic E-state index is 0.847. The highest BCUT2D eigenvalue weighted by Crippen LogP contribution is 2.18. The second-order valence-corrected chi connectivity index (χ2v) is 4.08. The van der Waals surface area contributed by atoms with E-state index in [9.17, 15) is 0 Å². The van der Waals surface area contributed by atoms with Gasteiger partial charge in [-0.2, -0.15) is 0 Å². The molecule has 2 nitrogen and oxygen atoms in total. The molecule has 0 N–H and O–H groups in total. The monoisotopic (exact) mass is 248 g/mol. The van der Waals surface area contributed by atoms with Gasteiger partial charge in [-0.3, -0.25) is 4.98 Å². The van der Waals surface area contributed by atoms with Crippen LogP contribution in [0.4, 0.5) is 0 Å². The van der Waals surface area contributed by atoms with Crippen molar-refractivity contribution in [3.63, 3.8) is 0 Å². The zero-order chi connectivity index (χ0) is 10.1. The van der Waals surface area contributed by atoms with Gasteiger partial charge in [0.05, 0.1) is 22.9 Å². The molecule has 14 heavy (non-hydrogen) atoms. The van der Waals surface area contributed by atoms with E-state index < -0.39 is 0 Å². The van der Waals surface area contributed by atoms with Gasteiger partial charge in [0.1, 0.15) is 0 Å². The second-order valence-electron chi connectivity index (χ2n) is 3.17. The predicted octanol–water partition coefficient (Wildman–Crippen LogP) is 3.43. The van der Waals surface area contributed by atoms with Crippen LogP contribution in [0, 0.1) is 0 Å². The Labute approximate surface area is 90.8 Å². The Morgan fingerprint density at radius 2 is 2.14 bits per heavy atom. The highest BCUT2D eigenvalue weighted by molar-refractivity contribution is 9.10. The molecule has 70 valence electrons. The molecule has 3 heteroatoms. The highest BCUT2D eigenvalue weighted by Gasteiger charge is 2.00. The molecule has 0 radical (unpaired) electrons. The zero-order valence-electron chi connectivity index (χ0n) is 7.79. The molecule has 0 bridgehead atoms. The molecular weight excluding hydrogens is 240 g/mol. The third-order valence-corrected chi connectivity index (χ3v) is 2.43. The van der Waals surface area contributed by atoms with E-state index in [0.717, 1.165) is 26.8 Å². The largest absolute Gasteiger partial charge is 0.252 e. The van der Waals surface area contributed by atoms with E-state index in [0.29, 0.717) is 0 Å². The van der Waals surface area contributed by atoms with Crippen molar-refractivity contribution in [1.29, 1.82) is 0 Å². The third kappa shape index (κ3) is 1.68. The summed E-state index contributed by atoms with van der Waals surface area (Å²) in [6, 6.07) is 5.85. The van der Waals surface area contributed by atoms with E-state index in [1.54, 1.807) is 6.20 Å². The van der Waals surface area contributed by atoms with E-state index in [1.165, 1.54) is 0 Å². The Bertz CT molecular complexity index is 506. The normalized spacial score (nSPS) is 10.4. The summed E-state index contributed by atoms with van der Waals surface area (Å²) in [5.41, 5.74) is 3.57. The smallest absolute Gasteiger partial charge is 0.0898 e. The molecule has 0 aliphatic carbocycles. The summed E-state index contributed by atoms with van der Waals surface area (Å²) >= 11 is 3.39. The van der Waals surface area contributed by atoms with Crippen molar-refractivity contribution in [2.24, 2.45) is 0 Å². The lowest BCUT2D eigenvalue weighted by atomic mass is 10.2. The van der Waals surface area contributed by atoms with E-state index in [2.05, 4.69) is 32.5 Å². The zero-order valence-corrected chi connectivity index (χ0v) is 9.37. The van der Waals surface area contributed by atoms with E-state index in [1.807, 2.05) is 25.1 Å². The van der Waals surface area contributed by atoms with Crippen LogP contribution in [0.3, 0.4) is 0 Å². The van der Waals surface area contributed by atoms with Gasteiger partial charge in [-0.15, -0.1) is 0 Å². The summed E-state index contributed by atoms with van der Waals surface area (Å²) in [6.07, 6.45) is 1.75. The summed E-state index contributed by atoms with van der Waals surface area (Å²) in [5.74, 6) is 0. The van der Waals surface area contributed by atoms with Crippen molar-refractivity contribution in [2.75, 3.05) is 0 Å². The van der Waals surface area contributed by atoms with Crippen molar-refractivity contribution >= 4 is 32.5 Å². The van der Waals surface area contributed by atoms with Gasteiger partial charge in [-0.25, -0.2) is 4.98 Å². The molecule has 0 amide bonds. The standard InChI is InChI=1S/C11H9BrN2/c1-7(2)11-6-13-10-5-8(12)3-4-9(10)14-11/h3-6H,1H2,2H3. The number of rotatable bonds is 1. The number of allylic oxidation sites excluding steroid dienone is 1. The average molecular weight is 249 g/mol. The summed E-state index contributed by atoms with van der Waals surface area (Å²) in [4.78, 5) is 8.74. The van der Waals surface area contributed by atoms with E-state index >= 15 is 0 Å². The van der Waals surface area contributed by atoms with Crippen LogP contribution < -0.4 is 0 Å². The van der Waals surface area contributed by atoms with Crippen molar-refractivity contribution in [1.82, 2.24) is 9.97 Å². The number of aromatic nitrogens is 2. The molecule has 2 aromatic rings. The molecule has 0 spiro atoms. The fraction of sp³-hybridized carbons (Fsp3) is 0.0909. The number of benzene rings is 1. The molecule has 0 saturated heterocycles. The topological polar surface area (TPSA) is 25.8 Å². The molecule has 0 unspecified atom stereocenters. The molecule has 0 saturated carbocycles. The maximum Gasteiger partial charge on any atom is 0.0898 e. The Balaban J connectivity index is 2.67. The van der Waals surface area contributed by atoms with Gasteiger partial charge in [0.15, 0.2) is 0 Å². The maximum absolute atomic E-state index is 4.43. The first-order valence-corrected chi connectivity index (χ1v) is 5.04. The average Bonchev–Trinajstić information content (AvgIpc) is 2.16. The molecule has 0 fully saturated rings. The van der Waals surface area contributed by atoms with Crippen molar-refractivity contribution < 1.29 is 0 Å². The van der Waals surface area contributed by atoms with Gasteiger partial charge < -0.3 is 0 Å². The predicted molar refractivity (Wildman–Crippen MR) is 61.9 cm³/mol. The summed E-state index contributed by atoms with van der Waals surface area (Å²) in [7, 11) is 0. The van der Waals surface area contributed by atoms with Gasteiger partial charge in [0.2, 0.25) is 0 Å². The SMILES string of the molecule is C=C(C)c1cnc2cc(Br)ccc2n1. The first-order valence-electron chi connectivity index (χ1n) is 4.25. The first kappa shape index (κ1) is 9.34. The molecule has 1 aromatic carbocycles. The Morgan fingerprint density at radius 1 is 1.36 bits per heavy atom. The second kappa shape index (κ2) is 3.50. The fourth-order valence-corrected chi connectivity index (χ4v) is 1.54. The molecule has 1 aromatic heterocycles. The Hall–Kier alpha value is -1.22. The summed E-state index contributed by atoms with van der Waals surface area (Å²) < 4.78 is 1.02. The van der Waals surface area contributed by atoms with Crippen molar-refractivity contribution in [3.8, 4) is 0 Å². The molecule has 2 rings (SSSR count). The Morgan fingerprint density at radius 3 is 2.86 bits per heavy atom. The van der Waals surface area contributed by atoms with Crippen LogP contribution in [0.2, 0.25) is 0 Å². The third-order valence-electron chi connectivity index (χ3n) is 1.94. The highest BCUT2D eigenvalue weighted by atomic mass is 79.9. The van der Waals surface area contributed by atoms with Gasteiger partial charge in [-0.1, -0.05) is 22.5 Å². The number of hydrogen-bond donors (Lipinski definition) is 0. The van der Waals surface area contributed by atoms with Crippen LogP contribution in [0.25, 0.3) is 16.6 Å². The number of halogens is 1. The lowest BCUT2D eigenvalue weighted by Crippen LogP contribution is -1.89. The van der Waals surface area contributed by atoms with Crippen LogP contribution in [0.1, 0.15) is 12.6 Å². The molecule has 0 aliphatic heterocycles. The van der Waals surface area contributed by atoms with Gasteiger partial charge in [-0.05, 0) is 30.7 Å². The lowest BCUT2D eigenvalue weighted by Gasteiger charge is -2.01. The van der Waals surface area contributed by atoms with Crippen LogP contribution >= 0.6 is 15.9 Å². The lowest BCUT2D eigenvalue weighted by molar-refractivity contribution is 1.24. The summed E-state index contributed by atoms with van der Waals surface area (Å²) in [5, 5.41) is 0. The quantitative estimate of drug-likeness (QED) is 0.773. The molecular formula is C11H9BrN2. The minimum Gasteiger partial charge on any atom is -0.252 e. The van der Waals surface area contributed by atoms with Crippen LogP contribution in [-0.2, 0) is 0 Å². The van der Waals surface area contributed by atoms with E-state index in [4.69, 9.17) is 0 Å². The molecule has 0 aliphatic rings. The van der Waals surface area contributed by atoms with Gasteiger partial charge in [0, 0.05) is 4.47 Å². The first-order chi connectivity index (χ1) is 6.66. The van der Waals surface area contributed by atoms with Crippen LogP contribution in [0.15, 0.2) is 35.4 Å². The van der Waals surface area contributed by atoms with Crippen LogP contribution in [-0.4, -0.2) is 9.97 Å². The Kier molecular flexibility index (Phi) is 2.33. The number of hydrogen-bond acceptors (Lipinski definition) is 2. The van der Waals surface area contributed by atoms with Gasteiger partial charge in [0.25, 0.3) is 0 Å². The molecule has 0 atom stereocenters. The number of fused-ring (bicyclic) bond motifs is 1. The maximum atomic E-state index is 4.43. The van der Waals surface area contributed by atoms with Crippen LogP contribution in [0.5, 0.6) is 0 Å².